The van der Waals surface area contributed by atoms with Gasteiger partial charge in [0.15, 0.2) is 5.13 Å². The van der Waals surface area contributed by atoms with Gasteiger partial charge in [-0.05, 0) is 34.7 Å². The maximum absolute atomic E-state index is 5.22. The van der Waals surface area contributed by atoms with Crippen LogP contribution in [0, 0.1) is 5.92 Å². The molecule has 1 fully saturated rings. The summed E-state index contributed by atoms with van der Waals surface area (Å²) >= 11 is 5.10. The minimum Gasteiger partial charge on any atom is -0.384 e. The number of halogens is 1. The topological polar surface area (TPSA) is 25.4 Å². The first-order valence-corrected chi connectivity index (χ1v) is 6.82. The van der Waals surface area contributed by atoms with Crippen LogP contribution in [0.5, 0.6) is 0 Å². The molecule has 1 saturated heterocycles. The van der Waals surface area contributed by atoms with Gasteiger partial charge in [0.1, 0.15) is 4.60 Å². The Hall–Kier alpha value is -0.130. The van der Waals surface area contributed by atoms with E-state index in [-0.39, 0.29) is 0 Å². The van der Waals surface area contributed by atoms with Gasteiger partial charge in [-0.1, -0.05) is 0 Å². The zero-order valence-corrected chi connectivity index (χ0v) is 11.2. The summed E-state index contributed by atoms with van der Waals surface area (Å²) in [5.74, 6) is 0.659. The highest BCUT2D eigenvalue weighted by Gasteiger charge is 2.21. The highest BCUT2D eigenvalue weighted by Crippen LogP contribution is 2.27. The number of aromatic nitrogens is 1. The lowest BCUT2D eigenvalue weighted by Gasteiger charge is -2.32. The Kier molecular flexibility index (Phi) is 3.99. The maximum Gasteiger partial charge on any atom is 0.186 e. The Bertz CT molecular complexity index is 316. The summed E-state index contributed by atoms with van der Waals surface area (Å²) in [5.41, 5.74) is 0. The summed E-state index contributed by atoms with van der Waals surface area (Å²) in [5, 5.41) is 3.16. The van der Waals surface area contributed by atoms with E-state index in [4.69, 9.17) is 4.74 Å². The van der Waals surface area contributed by atoms with Gasteiger partial charge < -0.3 is 9.64 Å². The summed E-state index contributed by atoms with van der Waals surface area (Å²) in [6, 6.07) is 0. The fourth-order valence-electron chi connectivity index (χ4n) is 2.00. The summed E-state index contributed by atoms with van der Waals surface area (Å²) in [4.78, 5) is 6.81. The van der Waals surface area contributed by atoms with Crippen molar-refractivity contribution in [3.8, 4) is 0 Å². The average Bonchev–Trinajstić information content (AvgIpc) is 2.66. The van der Waals surface area contributed by atoms with Crippen molar-refractivity contribution in [3.05, 3.63) is 9.98 Å². The van der Waals surface area contributed by atoms with Gasteiger partial charge in [0.25, 0.3) is 0 Å². The van der Waals surface area contributed by atoms with Gasteiger partial charge in [-0.15, -0.1) is 11.3 Å². The lowest BCUT2D eigenvalue weighted by Crippen LogP contribution is -2.37. The van der Waals surface area contributed by atoms with Crippen LogP contribution in [0.4, 0.5) is 5.13 Å². The largest absolute Gasteiger partial charge is 0.384 e. The molecular formula is C10H15BrN2OS. The van der Waals surface area contributed by atoms with Crippen LogP contribution in [0.1, 0.15) is 12.8 Å². The van der Waals surface area contributed by atoms with E-state index in [1.807, 2.05) is 5.38 Å². The molecule has 0 aliphatic carbocycles. The van der Waals surface area contributed by atoms with Crippen molar-refractivity contribution in [1.82, 2.24) is 4.98 Å². The van der Waals surface area contributed by atoms with E-state index >= 15 is 0 Å². The third-order valence-corrected chi connectivity index (χ3v) is 4.27. The summed E-state index contributed by atoms with van der Waals surface area (Å²) in [7, 11) is 1.78. The van der Waals surface area contributed by atoms with Crippen LogP contribution in [0.2, 0.25) is 0 Å². The smallest absolute Gasteiger partial charge is 0.186 e. The number of ether oxygens (including phenoxy) is 1. The molecule has 1 atom stereocenters. The highest BCUT2D eigenvalue weighted by atomic mass is 79.9. The second kappa shape index (κ2) is 5.27. The third-order valence-electron chi connectivity index (χ3n) is 2.66. The molecule has 0 amide bonds. The number of rotatable bonds is 3. The molecule has 0 spiro atoms. The normalized spacial score (nSPS) is 22.0. The molecule has 15 heavy (non-hydrogen) atoms. The van der Waals surface area contributed by atoms with E-state index in [2.05, 4.69) is 25.8 Å². The molecule has 1 unspecified atom stereocenters. The molecule has 2 rings (SSSR count). The number of methoxy groups -OCH3 is 1. The van der Waals surface area contributed by atoms with Gasteiger partial charge in [0.05, 0.1) is 6.61 Å². The fraction of sp³-hybridized carbons (Fsp3) is 0.700. The SMILES string of the molecule is COCC1CCCN(c2nc(Br)cs2)C1. The Labute approximate surface area is 103 Å². The number of hydrogen-bond acceptors (Lipinski definition) is 4. The van der Waals surface area contributed by atoms with Crippen LogP contribution >= 0.6 is 27.3 Å². The molecule has 3 nitrogen and oxygen atoms in total. The predicted molar refractivity (Wildman–Crippen MR) is 66.6 cm³/mol. The number of hydrogen-bond donors (Lipinski definition) is 0. The highest BCUT2D eigenvalue weighted by molar-refractivity contribution is 9.10. The van der Waals surface area contributed by atoms with Crippen LogP contribution in [0.15, 0.2) is 9.98 Å². The molecule has 84 valence electrons. The van der Waals surface area contributed by atoms with Gasteiger partial charge in [-0.25, -0.2) is 4.98 Å². The Morgan fingerprint density at radius 2 is 2.60 bits per heavy atom. The van der Waals surface area contributed by atoms with Crippen molar-refractivity contribution in [2.45, 2.75) is 12.8 Å². The molecular weight excluding hydrogens is 276 g/mol. The second-order valence-electron chi connectivity index (χ2n) is 3.86. The first kappa shape index (κ1) is 11.4. The first-order chi connectivity index (χ1) is 7.29. The molecule has 0 aromatic carbocycles. The molecule has 0 saturated carbocycles. The lowest BCUT2D eigenvalue weighted by molar-refractivity contribution is 0.143. The molecule has 5 heteroatoms. The van der Waals surface area contributed by atoms with Crippen LogP contribution in [0.25, 0.3) is 0 Å². The van der Waals surface area contributed by atoms with Gasteiger partial charge in [0, 0.05) is 25.6 Å². The van der Waals surface area contributed by atoms with Crippen molar-refractivity contribution in [3.63, 3.8) is 0 Å². The zero-order valence-electron chi connectivity index (χ0n) is 8.78. The summed E-state index contributed by atoms with van der Waals surface area (Å²) < 4.78 is 6.16. The first-order valence-electron chi connectivity index (χ1n) is 5.14. The zero-order chi connectivity index (χ0) is 10.7. The van der Waals surface area contributed by atoms with Gasteiger partial charge >= 0.3 is 0 Å². The van der Waals surface area contributed by atoms with Crippen LogP contribution in [-0.4, -0.2) is 31.8 Å². The van der Waals surface area contributed by atoms with Crippen molar-refractivity contribution in [2.75, 3.05) is 31.7 Å². The summed E-state index contributed by atoms with van der Waals surface area (Å²) in [6.07, 6.45) is 2.52. The van der Waals surface area contributed by atoms with Crippen molar-refractivity contribution >= 4 is 32.4 Å². The molecule has 1 aliphatic heterocycles. The minimum atomic E-state index is 0.659. The fourth-order valence-corrected chi connectivity index (χ4v) is 3.29. The van der Waals surface area contributed by atoms with E-state index in [1.165, 1.54) is 12.8 Å². The summed E-state index contributed by atoms with van der Waals surface area (Å²) in [6.45, 7) is 3.07. The average molecular weight is 291 g/mol. The standard InChI is InChI=1S/C10H15BrN2OS/c1-14-6-8-3-2-4-13(5-8)10-12-9(11)7-15-10/h7-8H,2-6H2,1H3. The van der Waals surface area contributed by atoms with Crippen molar-refractivity contribution in [2.24, 2.45) is 5.92 Å². The number of piperidine rings is 1. The van der Waals surface area contributed by atoms with Crippen LogP contribution < -0.4 is 4.90 Å². The Balaban J connectivity index is 1.98. The van der Waals surface area contributed by atoms with Crippen molar-refractivity contribution in [1.29, 1.82) is 0 Å². The van der Waals surface area contributed by atoms with E-state index in [0.717, 1.165) is 29.4 Å². The minimum absolute atomic E-state index is 0.659. The molecule has 0 N–H and O–H groups in total. The van der Waals surface area contributed by atoms with Gasteiger partial charge in [-0.3, -0.25) is 0 Å². The molecule has 0 radical (unpaired) electrons. The molecule has 0 bridgehead atoms. The third kappa shape index (κ3) is 2.92. The Morgan fingerprint density at radius 1 is 1.73 bits per heavy atom. The maximum atomic E-state index is 5.22. The quantitative estimate of drug-likeness (QED) is 0.856. The van der Waals surface area contributed by atoms with E-state index in [1.54, 1.807) is 18.4 Å². The van der Waals surface area contributed by atoms with Crippen molar-refractivity contribution < 1.29 is 4.74 Å². The van der Waals surface area contributed by atoms with E-state index in [9.17, 15) is 0 Å². The van der Waals surface area contributed by atoms with Crippen LogP contribution in [-0.2, 0) is 4.74 Å². The molecule has 1 aliphatic rings. The molecule has 1 aromatic rings. The lowest BCUT2D eigenvalue weighted by atomic mass is 9.99. The van der Waals surface area contributed by atoms with E-state index < -0.39 is 0 Å². The van der Waals surface area contributed by atoms with Crippen LogP contribution in [0.3, 0.4) is 0 Å². The van der Waals surface area contributed by atoms with E-state index in [0.29, 0.717) is 5.92 Å². The monoisotopic (exact) mass is 290 g/mol. The number of nitrogens with zero attached hydrogens (tertiary/aromatic N) is 2. The molecule has 2 heterocycles. The number of thiazole rings is 1. The number of anilines is 1. The Morgan fingerprint density at radius 3 is 3.27 bits per heavy atom. The molecule has 1 aromatic heterocycles. The second-order valence-corrected chi connectivity index (χ2v) is 5.51. The predicted octanol–water partition coefficient (Wildman–Crippen LogP) is 2.77. The van der Waals surface area contributed by atoms with Gasteiger partial charge in [-0.2, -0.15) is 0 Å². The van der Waals surface area contributed by atoms with Gasteiger partial charge in [0.2, 0.25) is 0 Å².